The molecule has 0 aromatic rings. The minimum atomic E-state index is -1.11. The highest BCUT2D eigenvalue weighted by molar-refractivity contribution is 5.83. The van der Waals surface area contributed by atoms with E-state index < -0.39 is 18.0 Å². The van der Waals surface area contributed by atoms with Crippen LogP contribution < -0.4 is 10.6 Å². The zero-order chi connectivity index (χ0) is 12.9. The Labute approximate surface area is 101 Å². The Balaban J connectivity index is 2.48. The van der Waals surface area contributed by atoms with E-state index in [1.807, 2.05) is 6.92 Å². The van der Waals surface area contributed by atoms with Gasteiger partial charge in [-0.25, -0.2) is 9.59 Å². The van der Waals surface area contributed by atoms with Gasteiger partial charge < -0.3 is 15.7 Å². The molecule has 0 aromatic heterocycles. The van der Waals surface area contributed by atoms with Gasteiger partial charge in [0.1, 0.15) is 6.04 Å². The molecule has 3 N–H and O–H groups in total. The number of urea groups is 1. The molecular weight excluding hydrogens is 220 g/mol. The Morgan fingerprint density at radius 3 is 2.53 bits per heavy atom. The molecule has 1 unspecified atom stereocenters. The van der Waals surface area contributed by atoms with Crippen molar-refractivity contribution < 1.29 is 14.7 Å². The van der Waals surface area contributed by atoms with E-state index in [-0.39, 0.29) is 12.0 Å². The molecule has 1 rings (SSSR count). The molecule has 0 bridgehead atoms. The lowest BCUT2D eigenvalue weighted by Crippen LogP contribution is -2.58. The average molecular weight is 238 g/mol. The zero-order valence-corrected chi connectivity index (χ0v) is 9.95. The molecule has 5 nitrogen and oxygen atoms in total. The third-order valence-electron chi connectivity index (χ3n) is 3.29. The third-order valence-corrected chi connectivity index (χ3v) is 3.29. The summed E-state index contributed by atoms with van der Waals surface area (Å²) in [5.41, 5.74) is -0.150. The summed E-state index contributed by atoms with van der Waals surface area (Å²) in [5.74, 6) is 1.12. The van der Waals surface area contributed by atoms with E-state index in [1.54, 1.807) is 0 Å². The summed E-state index contributed by atoms with van der Waals surface area (Å²) in [4.78, 5) is 22.5. The van der Waals surface area contributed by atoms with Crippen molar-refractivity contribution in [2.24, 2.45) is 0 Å². The summed E-state index contributed by atoms with van der Waals surface area (Å²) in [6.07, 6.45) is 8.89. The molecule has 1 fully saturated rings. The lowest BCUT2D eigenvalue weighted by atomic mass is 9.75. The molecule has 5 heteroatoms. The molecule has 0 heterocycles. The topological polar surface area (TPSA) is 78.4 Å². The lowest BCUT2D eigenvalue weighted by Gasteiger charge is -2.42. The largest absolute Gasteiger partial charge is 0.480 e. The van der Waals surface area contributed by atoms with Crippen molar-refractivity contribution in [3.05, 3.63) is 0 Å². The standard InChI is InChI=1S/C12H18N2O3/c1-3-6-9(10(15)16)13-11(17)14-12(4-2)7-5-8-12/h1,9H,4-8H2,2H3,(H,15,16)(H2,13,14,17). The Kier molecular flexibility index (Phi) is 4.38. The van der Waals surface area contributed by atoms with Gasteiger partial charge in [0.25, 0.3) is 0 Å². The Bertz CT molecular complexity index is 337. The van der Waals surface area contributed by atoms with Gasteiger partial charge in [0.2, 0.25) is 0 Å². The van der Waals surface area contributed by atoms with E-state index in [1.165, 1.54) is 0 Å². The second kappa shape index (κ2) is 5.58. The molecule has 1 saturated carbocycles. The number of hydrogen-bond acceptors (Lipinski definition) is 2. The fourth-order valence-electron chi connectivity index (χ4n) is 1.92. The average Bonchev–Trinajstić information content (AvgIpc) is 2.22. The van der Waals surface area contributed by atoms with Crippen LogP contribution in [-0.2, 0) is 4.79 Å². The van der Waals surface area contributed by atoms with Crippen molar-refractivity contribution in [3.8, 4) is 12.3 Å². The van der Waals surface area contributed by atoms with Crippen molar-refractivity contribution in [2.75, 3.05) is 0 Å². The number of carbonyl (C=O) groups is 2. The van der Waals surface area contributed by atoms with Gasteiger partial charge in [-0.3, -0.25) is 0 Å². The first-order chi connectivity index (χ1) is 8.03. The molecule has 0 spiro atoms. The molecule has 0 aromatic carbocycles. The summed E-state index contributed by atoms with van der Waals surface area (Å²) >= 11 is 0. The number of amides is 2. The monoisotopic (exact) mass is 238 g/mol. The second-order valence-electron chi connectivity index (χ2n) is 4.38. The van der Waals surface area contributed by atoms with E-state index in [0.29, 0.717) is 0 Å². The number of aliphatic carboxylic acids is 1. The minimum Gasteiger partial charge on any atom is -0.480 e. The first kappa shape index (κ1) is 13.4. The normalized spacial score (nSPS) is 18.4. The van der Waals surface area contributed by atoms with E-state index >= 15 is 0 Å². The maximum Gasteiger partial charge on any atom is 0.327 e. The molecule has 0 saturated heterocycles. The van der Waals surface area contributed by atoms with Gasteiger partial charge in [-0.2, -0.15) is 0 Å². The number of nitrogens with one attached hydrogen (secondary N) is 2. The number of carboxylic acids is 1. The Morgan fingerprint density at radius 2 is 2.18 bits per heavy atom. The van der Waals surface area contributed by atoms with Crippen LogP contribution in [0, 0.1) is 12.3 Å². The SMILES string of the molecule is C#CCC(NC(=O)NC1(CC)CCC1)C(=O)O. The molecule has 17 heavy (non-hydrogen) atoms. The third kappa shape index (κ3) is 3.38. The summed E-state index contributed by atoms with van der Waals surface area (Å²) < 4.78 is 0. The van der Waals surface area contributed by atoms with Crippen LogP contribution in [0.2, 0.25) is 0 Å². The summed E-state index contributed by atoms with van der Waals surface area (Å²) in [6, 6.07) is -1.47. The lowest BCUT2D eigenvalue weighted by molar-refractivity contribution is -0.139. The van der Waals surface area contributed by atoms with E-state index in [9.17, 15) is 9.59 Å². The first-order valence-electron chi connectivity index (χ1n) is 5.78. The van der Waals surface area contributed by atoms with Crippen molar-refractivity contribution in [3.63, 3.8) is 0 Å². The van der Waals surface area contributed by atoms with Crippen molar-refractivity contribution in [1.82, 2.24) is 10.6 Å². The molecular formula is C12H18N2O3. The zero-order valence-electron chi connectivity index (χ0n) is 9.95. The van der Waals surface area contributed by atoms with E-state index in [2.05, 4.69) is 16.6 Å². The fraction of sp³-hybridized carbons (Fsp3) is 0.667. The van der Waals surface area contributed by atoms with Crippen LogP contribution in [-0.4, -0.2) is 28.7 Å². The highest BCUT2D eigenvalue weighted by Crippen LogP contribution is 2.34. The van der Waals surface area contributed by atoms with Crippen LogP contribution in [0.15, 0.2) is 0 Å². The van der Waals surface area contributed by atoms with Gasteiger partial charge >= 0.3 is 12.0 Å². The maximum absolute atomic E-state index is 11.6. The van der Waals surface area contributed by atoms with Crippen molar-refractivity contribution in [1.29, 1.82) is 0 Å². The smallest absolute Gasteiger partial charge is 0.327 e. The summed E-state index contributed by atoms with van der Waals surface area (Å²) in [7, 11) is 0. The maximum atomic E-state index is 11.6. The summed E-state index contributed by atoms with van der Waals surface area (Å²) in [6.45, 7) is 2.01. The van der Waals surface area contributed by atoms with Crippen LogP contribution in [0.25, 0.3) is 0 Å². The minimum absolute atomic E-state index is 0.0120. The van der Waals surface area contributed by atoms with Gasteiger partial charge in [-0.1, -0.05) is 6.92 Å². The van der Waals surface area contributed by atoms with Gasteiger partial charge in [0, 0.05) is 12.0 Å². The highest BCUT2D eigenvalue weighted by Gasteiger charge is 2.37. The molecule has 0 aliphatic heterocycles. The quantitative estimate of drug-likeness (QED) is 0.627. The molecule has 1 atom stereocenters. The van der Waals surface area contributed by atoms with Gasteiger partial charge in [-0.05, 0) is 25.7 Å². The number of carboxylic acid groups (broad SMARTS) is 1. The van der Waals surface area contributed by atoms with Crippen molar-refractivity contribution in [2.45, 2.75) is 50.6 Å². The molecule has 2 amide bonds. The number of hydrogen-bond donors (Lipinski definition) is 3. The predicted molar refractivity (Wildman–Crippen MR) is 63.4 cm³/mol. The Morgan fingerprint density at radius 1 is 1.53 bits per heavy atom. The van der Waals surface area contributed by atoms with Gasteiger partial charge in [0.05, 0.1) is 0 Å². The van der Waals surface area contributed by atoms with Crippen LogP contribution in [0.5, 0.6) is 0 Å². The Hall–Kier alpha value is -1.70. The van der Waals surface area contributed by atoms with Crippen LogP contribution >= 0.6 is 0 Å². The van der Waals surface area contributed by atoms with Crippen LogP contribution in [0.3, 0.4) is 0 Å². The molecule has 0 radical (unpaired) electrons. The highest BCUT2D eigenvalue weighted by atomic mass is 16.4. The molecule has 94 valence electrons. The predicted octanol–water partition coefficient (Wildman–Crippen LogP) is 1.09. The summed E-state index contributed by atoms with van der Waals surface area (Å²) in [5, 5.41) is 14.1. The van der Waals surface area contributed by atoms with Crippen molar-refractivity contribution >= 4 is 12.0 Å². The fourth-order valence-corrected chi connectivity index (χ4v) is 1.92. The first-order valence-corrected chi connectivity index (χ1v) is 5.78. The molecule has 1 aliphatic rings. The van der Waals surface area contributed by atoms with E-state index in [4.69, 9.17) is 11.5 Å². The second-order valence-corrected chi connectivity index (χ2v) is 4.38. The number of rotatable bonds is 5. The molecule has 1 aliphatic carbocycles. The van der Waals surface area contributed by atoms with E-state index in [0.717, 1.165) is 25.7 Å². The van der Waals surface area contributed by atoms with Crippen LogP contribution in [0.1, 0.15) is 39.0 Å². The number of terminal acetylenes is 1. The van der Waals surface area contributed by atoms with Gasteiger partial charge in [-0.15, -0.1) is 12.3 Å². The van der Waals surface area contributed by atoms with Crippen LogP contribution in [0.4, 0.5) is 4.79 Å². The van der Waals surface area contributed by atoms with Gasteiger partial charge in [0.15, 0.2) is 0 Å². The number of carbonyl (C=O) groups excluding carboxylic acids is 1.